The van der Waals surface area contributed by atoms with Gasteiger partial charge in [0.25, 0.3) is 5.91 Å². The van der Waals surface area contributed by atoms with Crippen LogP contribution in [-0.4, -0.2) is 25.2 Å². The Labute approximate surface area is 146 Å². The lowest BCUT2D eigenvalue weighted by Gasteiger charge is -2.12. The van der Waals surface area contributed by atoms with Crippen molar-refractivity contribution in [1.82, 2.24) is 0 Å². The number of fused-ring (bicyclic) bond motifs is 2. The molecule has 4 rings (SSSR count). The van der Waals surface area contributed by atoms with E-state index in [4.69, 9.17) is 14.2 Å². The summed E-state index contributed by atoms with van der Waals surface area (Å²) in [6.07, 6.45) is 0.919. The number of hydrogen-bond donors (Lipinski definition) is 1. The molecule has 1 amide bonds. The topological polar surface area (TPSA) is 56.8 Å². The van der Waals surface area contributed by atoms with Gasteiger partial charge in [0.15, 0.2) is 11.5 Å². The fourth-order valence-electron chi connectivity index (χ4n) is 3.20. The van der Waals surface area contributed by atoms with E-state index in [2.05, 4.69) is 12.2 Å². The average Bonchev–Trinajstić information content (AvgIpc) is 2.78. The molecule has 25 heavy (non-hydrogen) atoms. The van der Waals surface area contributed by atoms with Crippen LogP contribution in [0.4, 0.5) is 5.69 Å². The number of anilines is 1. The molecule has 130 valence electrons. The van der Waals surface area contributed by atoms with Crippen molar-refractivity contribution >= 4 is 11.6 Å². The van der Waals surface area contributed by atoms with Crippen LogP contribution >= 0.6 is 0 Å². The van der Waals surface area contributed by atoms with Gasteiger partial charge in [0.1, 0.15) is 11.9 Å². The van der Waals surface area contributed by atoms with Crippen LogP contribution in [0.2, 0.25) is 0 Å². The SMILES string of the molecule is C[C@@H]1c2cccc(C(=O)Nc3ccc4c(c3)OCCCO4)c2O[C@@H]1C. The van der Waals surface area contributed by atoms with Crippen molar-refractivity contribution in [3.8, 4) is 17.2 Å². The zero-order valence-corrected chi connectivity index (χ0v) is 14.4. The molecular weight excluding hydrogens is 318 g/mol. The molecule has 0 saturated carbocycles. The largest absolute Gasteiger partial charge is 0.490 e. The van der Waals surface area contributed by atoms with Gasteiger partial charge in [-0.25, -0.2) is 0 Å². The van der Waals surface area contributed by atoms with Crippen LogP contribution in [0.15, 0.2) is 36.4 Å². The molecule has 0 spiro atoms. The quantitative estimate of drug-likeness (QED) is 0.899. The van der Waals surface area contributed by atoms with Gasteiger partial charge in [-0.2, -0.15) is 0 Å². The van der Waals surface area contributed by atoms with Crippen molar-refractivity contribution in [3.05, 3.63) is 47.5 Å². The highest BCUT2D eigenvalue weighted by Gasteiger charge is 2.31. The summed E-state index contributed by atoms with van der Waals surface area (Å²) in [4.78, 5) is 12.8. The number of ether oxygens (including phenoxy) is 3. The van der Waals surface area contributed by atoms with Crippen LogP contribution in [0.1, 0.15) is 42.1 Å². The molecule has 0 fully saturated rings. The standard InChI is InChI=1S/C20H21NO4/c1-12-13(2)25-19-15(12)5-3-6-16(19)20(22)21-14-7-8-17-18(11-14)24-10-4-9-23-17/h3,5-8,11-13H,4,9-10H2,1-2H3,(H,21,22)/t12-,13+/m0/s1. The summed E-state index contributed by atoms with van der Waals surface area (Å²) in [6, 6.07) is 11.2. The van der Waals surface area contributed by atoms with E-state index in [0.717, 1.165) is 12.0 Å². The molecule has 2 aromatic rings. The molecule has 5 heteroatoms. The average molecular weight is 339 g/mol. The van der Waals surface area contributed by atoms with Gasteiger partial charge in [0.05, 0.1) is 18.8 Å². The molecule has 0 unspecified atom stereocenters. The van der Waals surface area contributed by atoms with Gasteiger partial charge in [0, 0.05) is 29.7 Å². The number of para-hydroxylation sites is 1. The molecule has 2 aliphatic rings. The van der Waals surface area contributed by atoms with E-state index in [9.17, 15) is 4.79 Å². The predicted molar refractivity (Wildman–Crippen MR) is 94.9 cm³/mol. The van der Waals surface area contributed by atoms with Gasteiger partial charge in [-0.05, 0) is 25.1 Å². The molecule has 0 bridgehead atoms. The zero-order chi connectivity index (χ0) is 17.4. The molecular formula is C20H21NO4. The first-order chi connectivity index (χ1) is 12.1. The first kappa shape index (κ1) is 15.8. The Hall–Kier alpha value is -2.69. The second kappa shape index (κ2) is 6.31. The second-order valence-corrected chi connectivity index (χ2v) is 6.50. The highest BCUT2D eigenvalue weighted by Crippen LogP contribution is 2.40. The second-order valence-electron chi connectivity index (χ2n) is 6.50. The molecule has 2 heterocycles. The molecule has 0 aromatic heterocycles. The molecule has 0 aliphatic carbocycles. The Kier molecular flexibility index (Phi) is 3.99. The Balaban J connectivity index is 1.59. The summed E-state index contributed by atoms with van der Waals surface area (Å²) in [5, 5.41) is 2.93. The fourth-order valence-corrected chi connectivity index (χ4v) is 3.20. The van der Waals surface area contributed by atoms with Gasteiger partial charge in [-0.3, -0.25) is 4.79 Å². The van der Waals surface area contributed by atoms with Crippen LogP contribution < -0.4 is 19.5 Å². The summed E-state index contributed by atoms with van der Waals surface area (Å²) >= 11 is 0. The van der Waals surface area contributed by atoms with Crippen molar-refractivity contribution in [2.45, 2.75) is 32.3 Å². The van der Waals surface area contributed by atoms with Crippen molar-refractivity contribution in [1.29, 1.82) is 0 Å². The smallest absolute Gasteiger partial charge is 0.259 e. The minimum Gasteiger partial charge on any atom is -0.490 e. The maximum absolute atomic E-state index is 12.8. The van der Waals surface area contributed by atoms with E-state index < -0.39 is 0 Å². The third-order valence-corrected chi connectivity index (χ3v) is 4.79. The van der Waals surface area contributed by atoms with Crippen LogP contribution in [-0.2, 0) is 0 Å². The van der Waals surface area contributed by atoms with Crippen molar-refractivity contribution in [2.24, 2.45) is 0 Å². The third-order valence-electron chi connectivity index (χ3n) is 4.79. The van der Waals surface area contributed by atoms with E-state index >= 15 is 0 Å². The first-order valence-corrected chi connectivity index (χ1v) is 8.64. The highest BCUT2D eigenvalue weighted by atomic mass is 16.5. The van der Waals surface area contributed by atoms with Crippen LogP contribution in [0.3, 0.4) is 0 Å². The molecule has 2 aliphatic heterocycles. The van der Waals surface area contributed by atoms with Crippen LogP contribution in [0.25, 0.3) is 0 Å². The Morgan fingerprint density at radius 2 is 1.88 bits per heavy atom. The fraction of sp³-hybridized carbons (Fsp3) is 0.350. The number of hydrogen-bond acceptors (Lipinski definition) is 4. The van der Waals surface area contributed by atoms with E-state index in [1.165, 1.54) is 0 Å². The van der Waals surface area contributed by atoms with Crippen LogP contribution in [0, 0.1) is 0 Å². The van der Waals surface area contributed by atoms with E-state index in [0.29, 0.717) is 41.7 Å². The number of benzene rings is 2. The Bertz CT molecular complexity index is 817. The predicted octanol–water partition coefficient (Wildman–Crippen LogP) is 3.98. The molecule has 2 atom stereocenters. The van der Waals surface area contributed by atoms with Gasteiger partial charge in [-0.15, -0.1) is 0 Å². The number of rotatable bonds is 2. The highest BCUT2D eigenvalue weighted by molar-refractivity contribution is 6.06. The molecule has 1 N–H and O–H groups in total. The van der Waals surface area contributed by atoms with Crippen LogP contribution in [0.5, 0.6) is 17.2 Å². The van der Waals surface area contributed by atoms with Gasteiger partial charge >= 0.3 is 0 Å². The van der Waals surface area contributed by atoms with Gasteiger partial charge in [-0.1, -0.05) is 19.1 Å². The first-order valence-electron chi connectivity index (χ1n) is 8.64. The van der Waals surface area contributed by atoms with Crippen molar-refractivity contribution in [2.75, 3.05) is 18.5 Å². The van der Waals surface area contributed by atoms with E-state index in [1.54, 1.807) is 12.1 Å². The molecule has 0 saturated heterocycles. The summed E-state index contributed by atoms with van der Waals surface area (Å²) in [5.74, 6) is 2.15. The summed E-state index contributed by atoms with van der Waals surface area (Å²) in [7, 11) is 0. The maximum atomic E-state index is 12.8. The maximum Gasteiger partial charge on any atom is 0.259 e. The monoisotopic (exact) mass is 339 g/mol. The van der Waals surface area contributed by atoms with Gasteiger partial charge in [0.2, 0.25) is 0 Å². The minimum absolute atomic E-state index is 0.0713. The summed E-state index contributed by atoms with van der Waals surface area (Å²) < 4.78 is 17.2. The normalized spacial score (nSPS) is 21.0. The summed E-state index contributed by atoms with van der Waals surface area (Å²) in [5.41, 5.74) is 2.31. The van der Waals surface area contributed by atoms with Gasteiger partial charge < -0.3 is 19.5 Å². The third kappa shape index (κ3) is 2.90. The Morgan fingerprint density at radius 3 is 2.72 bits per heavy atom. The van der Waals surface area contributed by atoms with E-state index in [-0.39, 0.29) is 17.9 Å². The van der Waals surface area contributed by atoms with E-state index in [1.807, 2.05) is 31.2 Å². The lowest BCUT2D eigenvalue weighted by Crippen LogP contribution is -2.14. The molecule has 0 radical (unpaired) electrons. The van der Waals surface area contributed by atoms with Crippen molar-refractivity contribution in [3.63, 3.8) is 0 Å². The summed E-state index contributed by atoms with van der Waals surface area (Å²) in [6.45, 7) is 5.39. The molecule has 5 nitrogen and oxygen atoms in total. The number of carbonyl (C=O) groups excluding carboxylic acids is 1. The number of carbonyl (C=O) groups is 1. The Morgan fingerprint density at radius 1 is 1.08 bits per heavy atom. The number of amides is 1. The zero-order valence-electron chi connectivity index (χ0n) is 14.4. The number of nitrogens with one attached hydrogen (secondary N) is 1. The van der Waals surface area contributed by atoms with Crippen molar-refractivity contribution < 1.29 is 19.0 Å². The lowest BCUT2D eigenvalue weighted by molar-refractivity contribution is 0.102. The minimum atomic E-state index is -0.187. The lowest BCUT2D eigenvalue weighted by atomic mass is 9.97. The molecule has 2 aromatic carbocycles.